The van der Waals surface area contributed by atoms with E-state index in [1.54, 1.807) is 7.11 Å². The summed E-state index contributed by atoms with van der Waals surface area (Å²) < 4.78 is 5.32. The Labute approximate surface area is 177 Å². The highest BCUT2D eigenvalue weighted by Gasteiger charge is 2.16. The van der Waals surface area contributed by atoms with Crippen molar-refractivity contribution in [1.29, 1.82) is 0 Å². The van der Waals surface area contributed by atoms with Crippen molar-refractivity contribution in [3.8, 4) is 5.75 Å². The molecule has 154 valence electrons. The van der Waals surface area contributed by atoms with Gasteiger partial charge in [-0.05, 0) is 31.1 Å². The topological polar surface area (TPSA) is 108 Å². The van der Waals surface area contributed by atoms with Gasteiger partial charge < -0.3 is 25.3 Å². The predicted molar refractivity (Wildman–Crippen MR) is 117 cm³/mol. The zero-order valence-electron chi connectivity index (χ0n) is 15.9. The van der Waals surface area contributed by atoms with Crippen LogP contribution in [0, 0.1) is 10.1 Å². The van der Waals surface area contributed by atoms with Gasteiger partial charge in [0, 0.05) is 49.8 Å². The molecule has 27 heavy (non-hydrogen) atoms. The van der Waals surface area contributed by atoms with Gasteiger partial charge in [0.25, 0.3) is 5.09 Å². The summed E-state index contributed by atoms with van der Waals surface area (Å²) in [5.74, 6) is 0.899. The van der Waals surface area contributed by atoms with E-state index in [0.717, 1.165) is 31.7 Å². The number of aliphatic hydroxyl groups excluding tert-OH is 1. The quantitative estimate of drug-likeness (QED) is 0.209. The van der Waals surface area contributed by atoms with E-state index >= 15 is 0 Å². The minimum atomic E-state index is -1.50. The third-order valence-corrected chi connectivity index (χ3v) is 4.13. The van der Waals surface area contributed by atoms with Gasteiger partial charge >= 0.3 is 0 Å². The Morgan fingerprint density at radius 1 is 1.26 bits per heavy atom. The first-order valence-electron chi connectivity index (χ1n) is 8.77. The molecule has 0 unspecified atom stereocenters. The van der Waals surface area contributed by atoms with Crippen molar-refractivity contribution in [2.24, 2.45) is 0 Å². The van der Waals surface area contributed by atoms with Crippen molar-refractivity contribution in [3.63, 3.8) is 0 Å². The number of aliphatic hydroxyl groups is 1. The smallest absolute Gasteiger partial charge is 0.291 e. The summed E-state index contributed by atoms with van der Waals surface area (Å²) in [7, 11) is 3.81. The number of likely N-dealkylation sites (N-methyl/N-ethyl adjacent to an activating group) is 1. The highest BCUT2D eigenvalue weighted by Crippen LogP contribution is 2.32. The van der Waals surface area contributed by atoms with E-state index in [4.69, 9.17) is 25.2 Å². The fourth-order valence-electron chi connectivity index (χ4n) is 2.78. The maximum Gasteiger partial charge on any atom is 0.291 e. The second kappa shape index (κ2) is 14.3. The molecule has 8 nitrogen and oxygen atoms in total. The molecule has 0 aliphatic carbocycles. The molecule has 3 N–H and O–H groups in total. The Hall–Kier alpha value is -1.75. The van der Waals surface area contributed by atoms with Crippen LogP contribution >= 0.6 is 24.0 Å². The minimum Gasteiger partial charge on any atom is -0.497 e. The highest BCUT2D eigenvalue weighted by atomic mass is 127. The monoisotopic (exact) mass is 495 g/mol. The van der Waals surface area contributed by atoms with Crippen LogP contribution in [0.2, 0.25) is 0 Å². The number of fused-ring (bicyclic) bond motifs is 1. The number of ether oxygens (including phenoxy) is 1. The largest absolute Gasteiger partial charge is 0.497 e. The number of nitrogens with zero attached hydrogens (tertiary/aromatic N) is 2. The molecular weight excluding hydrogens is 465 g/mol. The van der Waals surface area contributed by atoms with Gasteiger partial charge in [0.1, 0.15) is 5.75 Å². The summed E-state index contributed by atoms with van der Waals surface area (Å²) in [6, 6.07) is 6.24. The molecule has 0 bridgehead atoms. The van der Waals surface area contributed by atoms with Gasteiger partial charge in [-0.3, -0.25) is 0 Å². The SMILES string of the molecule is COc1ccc2c(c1)N(C)CC=C2NCCCCCCCO.I.O=[N+]([O-])O. The molecule has 0 saturated heterocycles. The third kappa shape index (κ3) is 9.66. The zero-order valence-corrected chi connectivity index (χ0v) is 18.2. The number of nitrogens with one attached hydrogen (secondary N) is 1. The first kappa shape index (κ1) is 25.2. The number of methoxy groups -OCH3 is 1. The van der Waals surface area contributed by atoms with Crippen molar-refractivity contribution in [3.05, 3.63) is 40.0 Å². The molecule has 0 spiro atoms. The molecule has 1 aliphatic rings. The number of halogens is 1. The molecule has 0 saturated carbocycles. The fraction of sp³-hybridized carbons (Fsp3) is 0.556. The molecule has 1 aromatic carbocycles. The van der Waals surface area contributed by atoms with E-state index in [9.17, 15) is 0 Å². The number of rotatable bonds is 9. The summed E-state index contributed by atoms with van der Waals surface area (Å²) >= 11 is 0. The van der Waals surface area contributed by atoms with Crippen molar-refractivity contribution in [2.75, 3.05) is 38.8 Å². The second-order valence-corrected chi connectivity index (χ2v) is 6.04. The van der Waals surface area contributed by atoms with Crippen molar-refractivity contribution >= 4 is 35.4 Å². The van der Waals surface area contributed by atoms with Crippen LogP contribution in [0.25, 0.3) is 5.70 Å². The van der Waals surface area contributed by atoms with Gasteiger partial charge in [-0.25, -0.2) is 0 Å². The number of benzene rings is 1. The predicted octanol–water partition coefficient (Wildman–Crippen LogP) is 3.29. The number of hydrogen-bond acceptors (Lipinski definition) is 6. The van der Waals surface area contributed by atoms with Crippen LogP contribution in [0.1, 0.15) is 37.7 Å². The molecule has 0 fully saturated rings. The fourth-order valence-corrected chi connectivity index (χ4v) is 2.78. The first-order valence-corrected chi connectivity index (χ1v) is 8.77. The Morgan fingerprint density at radius 3 is 2.52 bits per heavy atom. The summed E-state index contributed by atoms with van der Waals surface area (Å²) in [5.41, 5.74) is 3.69. The third-order valence-electron chi connectivity index (χ3n) is 4.13. The summed E-state index contributed by atoms with van der Waals surface area (Å²) in [4.78, 5) is 10.6. The molecule has 2 rings (SSSR count). The molecule has 0 atom stereocenters. The maximum absolute atomic E-state index is 8.76. The molecule has 1 heterocycles. The lowest BCUT2D eigenvalue weighted by Gasteiger charge is -2.28. The van der Waals surface area contributed by atoms with Crippen LogP contribution in [0.15, 0.2) is 24.3 Å². The Balaban J connectivity index is 0.00000123. The van der Waals surface area contributed by atoms with Gasteiger partial charge in [-0.15, -0.1) is 34.1 Å². The average molecular weight is 495 g/mol. The first-order chi connectivity index (χ1) is 12.5. The molecule has 0 radical (unpaired) electrons. The Kier molecular flexibility index (Phi) is 13.4. The molecule has 1 aromatic rings. The number of hydrogen-bond donors (Lipinski definition) is 3. The zero-order chi connectivity index (χ0) is 19.4. The molecule has 9 heteroatoms. The minimum absolute atomic E-state index is 0. The second-order valence-electron chi connectivity index (χ2n) is 6.04. The van der Waals surface area contributed by atoms with E-state index in [-0.39, 0.29) is 24.0 Å². The van der Waals surface area contributed by atoms with Crippen LogP contribution in [-0.4, -0.2) is 49.3 Å². The summed E-state index contributed by atoms with van der Waals surface area (Å²) in [6.45, 7) is 2.23. The lowest BCUT2D eigenvalue weighted by atomic mass is 10.0. The molecule has 0 amide bonds. The summed E-state index contributed by atoms with van der Waals surface area (Å²) in [5, 5.41) is 26.0. The van der Waals surface area contributed by atoms with Gasteiger partial charge in [0.15, 0.2) is 0 Å². The van der Waals surface area contributed by atoms with E-state index in [0.29, 0.717) is 6.61 Å². The standard InChI is InChI=1S/C18H28N2O2.HI.HNO3/c1-20-12-10-17(19-11-6-4-3-5-7-13-21)16-9-8-15(22-2)14-18(16)20;;2-1(3)4/h8-10,14,19,21H,3-7,11-13H2,1-2H3;1H;(H,2,3,4). The van der Waals surface area contributed by atoms with E-state index in [2.05, 4.69) is 35.5 Å². The average Bonchev–Trinajstić information content (AvgIpc) is 2.62. The van der Waals surface area contributed by atoms with E-state index in [1.807, 2.05) is 6.07 Å². The van der Waals surface area contributed by atoms with Crippen molar-refractivity contribution in [1.82, 2.24) is 5.32 Å². The number of anilines is 1. The highest BCUT2D eigenvalue weighted by molar-refractivity contribution is 14.0. The number of unbranched alkanes of at least 4 members (excludes halogenated alkanes) is 4. The van der Waals surface area contributed by atoms with Gasteiger partial charge in [-0.2, -0.15) is 0 Å². The van der Waals surface area contributed by atoms with E-state index in [1.165, 1.54) is 36.2 Å². The van der Waals surface area contributed by atoms with Crippen molar-refractivity contribution < 1.29 is 20.1 Å². The molecular formula is C18H30IN3O5. The Morgan fingerprint density at radius 2 is 1.89 bits per heavy atom. The van der Waals surface area contributed by atoms with Crippen LogP contribution in [0.4, 0.5) is 5.69 Å². The normalized spacial score (nSPS) is 12.0. The van der Waals surface area contributed by atoms with E-state index < -0.39 is 5.09 Å². The van der Waals surface area contributed by atoms with Gasteiger partial charge in [0.2, 0.25) is 0 Å². The lowest BCUT2D eigenvalue weighted by Crippen LogP contribution is -2.26. The van der Waals surface area contributed by atoms with Crippen LogP contribution in [0.3, 0.4) is 0 Å². The summed E-state index contributed by atoms with van der Waals surface area (Å²) in [6.07, 6.45) is 7.91. The molecule has 1 aliphatic heterocycles. The Bertz CT molecular complexity index is 594. The van der Waals surface area contributed by atoms with Crippen molar-refractivity contribution in [2.45, 2.75) is 32.1 Å². The van der Waals surface area contributed by atoms with Crippen LogP contribution in [0.5, 0.6) is 5.75 Å². The lowest BCUT2D eigenvalue weighted by molar-refractivity contribution is -0.742. The van der Waals surface area contributed by atoms with Gasteiger partial charge in [-0.1, -0.05) is 19.3 Å². The van der Waals surface area contributed by atoms with Crippen LogP contribution < -0.4 is 15.0 Å². The maximum atomic E-state index is 8.76. The van der Waals surface area contributed by atoms with Gasteiger partial charge in [0.05, 0.1) is 7.11 Å². The van der Waals surface area contributed by atoms with Crippen LogP contribution in [-0.2, 0) is 0 Å². The molecule has 0 aromatic heterocycles.